The summed E-state index contributed by atoms with van der Waals surface area (Å²) in [5.74, 6) is 1.10. The van der Waals surface area contributed by atoms with Crippen LogP contribution in [0.2, 0.25) is 0 Å². The Balaban J connectivity index is 2.01. The summed E-state index contributed by atoms with van der Waals surface area (Å²) < 4.78 is 7.05. The second kappa shape index (κ2) is 6.70. The van der Waals surface area contributed by atoms with Crippen LogP contribution in [0.3, 0.4) is 0 Å². The van der Waals surface area contributed by atoms with Crippen LogP contribution < -0.4 is 15.6 Å². The molecule has 0 aliphatic carbocycles. The highest BCUT2D eigenvalue weighted by atomic mass is 16.5. The molecule has 124 valence electrons. The second-order valence-corrected chi connectivity index (χ2v) is 5.76. The summed E-state index contributed by atoms with van der Waals surface area (Å²) in [7, 11) is 1.63. The fourth-order valence-corrected chi connectivity index (χ4v) is 2.71. The van der Waals surface area contributed by atoms with Gasteiger partial charge in [-0.2, -0.15) is 0 Å². The lowest BCUT2D eigenvalue weighted by Crippen LogP contribution is -2.27. The standard InChI is InChI=1S/C18H20N4O2/c1-12(2)22-15-11-19-9-8-14(15)21-17(18(22)23)20-10-13-6-4-5-7-16(13)24-3/h4-9,11-12H,10H2,1-3H3,(H,20,21). The maximum Gasteiger partial charge on any atom is 0.294 e. The van der Waals surface area contributed by atoms with E-state index in [2.05, 4.69) is 15.3 Å². The van der Waals surface area contributed by atoms with Gasteiger partial charge < -0.3 is 10.1 Å². The van der Waals surface area contributed by atoms with E-state index in [0.29, 0.717) is 12.4 Å². The zero-order valence-corrected chi connectivity index (χ0v) is 14.0. The van der Waals surface area contributed by atoms with Crippen molar-refractivity contribution in [3.63, 3.8) is 0 Å². The van der Waals surface area contributed by atoms with Gasteiger partial charge in [0.25, 0.3) is 5.56 Å². The van der Waals surface area contributed by atoms with E-state index in [0.717, 1.165) is 22.3 Å². The summed E-state index contributed by atoms with van der Waals surface area (Å²) in [5, 5.41) is 3.15. The molecule has 0 fully saturated rings. The molecule has 0 radical (unpaired) electrons. The van der Waals surface area contributed by atoms with E-state index in [1.165, 1.54) is 0 Å². The van der Waals surface area contributed by atoms with Crippen LogP contribution in [0, 0.1) is 0 Å². The Bertz CT molecular complexity index is 918. The molecule has 0 unspecified atom stereocenters. The maximum atomic E-state index is 12.8. The van der Waals surface area contributed by atoms with E-state index in [-0.39, 0.29) is 11.6 Å². The average Bonchev–Trinajstić information content (AvgIpc) is 2.59. The molecule has 0 bridgehead atoms. The van der Waals surface area contributed by atoms with Gasteiger partial charge in [0.05, 0.1) is 24.3 Å². The number of methoxy groups -OCH3 is 1. The van der Waals surface area contributed by atoms with Crippen molar-refractivity contribution in [3.8, 4) is 5.75 Å². The highest BCUT2D eigenvalue weighted by Crippen LogP contribution is 2.19. The lowest BCUT2D eigenvalue weighted by Gasteiger charge is -2.16. The van der Waals surface area contributed by atoms with Crippen LogP contribution in [0.25, 0.3) is 11.0 Å². The molecule has 0 saturated carbocycles. The summed E-state index contributed by atoms with van der Waals surface area (Å²) in [6.07, 6.45) is 3.35. The monoisotopic (exact) mass is 324 g/mol. The second-order valence-electron chi connectivity index (χ2n) is 5.76. The van der Waals surface area contributed by atoms with Crippen molar-refractivity contribution in [2.45, 2.75) is 26.4 Å². The minimum atomic E-state index is -0.152. The van der Waals surface area contributed by atoms with E-state index < -0.39 is 0 Å². The molecule has 0 aliphatic heterocycles. The van der Waals surface area contributed by atoms with Crippen molar-refractivity contribution >= 4 is 16.9 Å². The van der Waals surface area contributed by atoms with Crippen LogP contribution in [-0.2, 0) is 6.54 Å². The Morgan fingerprint density at radius 1 is 1.25 bits per heavy atom. The van der Waals surface area contributed by atoms with Crippen molar-refractivity contribution < 1.29 is 4.74 Å². The molecule has 2 aromatic heterocycles. The molecule has 0 spiro atoms. The van der Waals surface area contributed by atoms with Crippen LogP contribution in [0.5, 0.6) is 5.75 Å². The SMILES string of the molecule is COc1ccccc1CNc1nc2ccncc2n(C(C)C)c1=O. The van der Waals surface area contributed by atoms with Crippen LogP contribution >= 0.6 is 0 Å². The third-order valence-corrected chi connectivity index (χ3v) is 3.85. The molecule has 0 amide bonds. The fourth-order valence-electron chi connectivity index (χ4n) is 2.71. The van der Waals surface area contributed by atoms with Gasteiger partial charge >= 0.3 is 0 Å². The van der Waals surface area contributed by atoms with Crippen molar-refractivity contribution in [1.29, 1.82) is 0 Å². The summed E-state index contributed by atoms with van der Waals surface area (Å²) in [6, 6.07) is 9.52. The number of aromatic nitrogens is 3. The first kappa shape index (κ1) is 16.0. The molecule has 1 N–H and O–H groups in total. The lowest BCUT2D eigenvalue weighted by atomic mass is 10.2. The molecular weight excluding hydrogens is 304 g/mol. The molecule has 6 nitrogen and oxygen atoms in total. The molecule has 0 aliphatic rings. The van der Waals surface area contributed by atoms with E-state index in [1.807, 2.05) is 44.2 Å². The van der Waals surface area contributed by atoms with Crippen LogP contribution in [0.15, 0.2) is 47.5 Å². The molecule has 6 heteroatoms. The quantitative estimate of drug-likeness (QED) is 0.781. The number of hydrogen-bond donors (Lipinski definition) is 1. The Kier molecular flexibility index (Phi) is 4.46. The maximum absolute atomic E-state index is 12.8. The largest absolute Gasteiger partial charge is 0.496 e. The molecule has 2 heterocycles. The minimum Gasteiger partial charge on any atom is -0.496 e. The van der Waals surface area contributed by atoms with Gasteiger partial charge in [-0.25, -0.2) is 4.98 Å². The number of nitrogens with one attached hydrogen (secondary N) is 1. The number of para-hydroxylation sites is 1. The fraction of sp³-hybridized carbons (Fsp3) is 0.278. The lowest BCUT2D eigenvalue weighted by molar-refractivity contribution is 0.410. The number of rotatable bonds is 5. The number of fused-ring (bicyclic) bond motifs is 1. The Labute approximate surface area is 140 Å². The van der Waals surface area contributed by atoms with Crippen LogP contribution in [0.4, 0.5) is 5.82 Å². The Morgan fingerprint density at radius 3 is 2.79 bits per heavy atom. The van der Waals surface area contributed by atoms with Gasteiger partial charge in [-0.15, -0.1) is 0 Å². The summed E-state index contributed by atoms with van der Waals surface area (Å²) in [5.41, 5.74) is 2.29. The first-order valence-electron chi connectivity index (χ1n) is 7.84. The third kappa shape index (κ3) is 2.95. The third-order valence-electron chi connectivity index (χ3n) is 3.85. The number of anilines is 1. The average molecular weight is 324 g/mol. The van der Waals surface area contributed by atoms with Crippen LogP contribution in [0.1, 0.15) is 25.5 Å². The summed E-state index contributed by atoms with van der Waals surface area (Å²) in [6.45, 7) is 4.40. The molecule has 3 rings (SSSR count). The van der Waals surface area contributed by atoms with Crippen molar-refractivity contribution in [1.82, 2.24) is 14.5 Å². The zero-order chi connectivity index (χ0) is 17.1. The smallest absolute Gasteiger partial charge is 0.294 e. The number of hydrogen-bond acceptors (Lipinski definition) is 5. The van der Waals surface area contributed by atoms with Crippen molar-refractivity contribution in [2.75, 3.05) is 12.4 Å². The van der Waals surface area contributed by atoms with Crippen molar-refractivity contribution in [3.05, 3.63) is 58.6 Å². The topological polar surface area (TPSA) is 69.0 Å². The van der Waals surface area contributed by atoms with Gasteiger partial charge in [-0.3, -0.25) is 14.3 Å². The van der Waals surface area contributed by atoms with Crippen molar-refractivity contribution in [2.24, 2.45) is 0 Å². The zero-order valence-electron chi connectivity index (χ0n) is 14.0. The predicted molar refractivity (Wildman–Crippen MR) is 94.5 cm³/mol. The minimum absolute atomic E-state index is 0.0130. The van der Waals surface area contributed by atoms with Gasteiger partial charge in [0.15, 0.2) is 5.82 Å². The molecule has 24 heavy (non-hydrogen) atoms. The van der Waals surface area contributed by atoms with Gasteiger partial charge in [-0.1, -0.05) is 18.2 Å². The van der Waals surface area contributed by atoms with Crippen LogP contribution in [-0.4, -0.2) is 21.6 Å². The van der Waals surface area contributed by atoms with Gasteiger partial charge in [0.2, 0.25) is 0 Å². The van der Waals surface area contributed by atoms with E-state index in [1.54, 1.807) is 24.1 Å². The van der Waals surface area contributed by atoms with Gasteiger partial charge in [0, 0.05) is 24.3 Å². The summed E-state index contributed by atoms with van der Waals surface area (Å²) >= 11 is 0. The predicted octanol–water partition coefficient (Wildman–Crippen LogP) is 2.99. The van der Waals surface area contributed by atoms with E-state index in [9.17, 15) is 4.79 Å². The van der Waals surface area contributed by atoms with Gasteiger partial charge in [-0.05, 0) is 26.0 Å². The normalized spacial score (nSPS) is 11.0. The van der Waals surface area contributed by atoms with E-state index >= 15 is 0 Å². The molecule has 3 aromatic rings. The van der Waals surface area contributed by atoms with E-state index in [4.69, 9.17) is 4.74 Å². The Hall–Kier alpha value is -2.89. The molecule has 1 aromatic carbocycles. The molecule has 0 saturated heterocycles. The number of benzene rings is 1. The first-order valence-corrected chi connectivity index (χ1v) is 7.84. The highest BCUT2D eigenvalue weighted by molar-refractivity contribution is 5.75. The highest BCUT2D eigenvalue weighted by Gasteiger charge is 2.13. The number of pyridine rings is 1. The first-order chi connectivity index (χ1) is 11.6. The summed E-state index contributed by atoms with van der Waals surface area (Å²) in [4.78, 5) is 21.3. The number of ether oxygens (including phenoxy) is 1. The molecule has 0 atom stereocenters. The Morgan fingerprint density at radius 2 is 2.04 bits per heavy atom. The number of nitrogens with zero attached hydrogens (tertiary/aromatic N) is 3. The van der Waals surface area contributed by atoms with Gasteiger partial charge in [0.1, 0.15) is 5.75 Å². The molecular formula is C18H20N4O2.